The van der Waals surface area contributed by atoms with Gasteiger partial charge in [0.05, 0.1) is 36.0 Å². The molecule has 0 aliphatic rings. The predicted octanol–water partition coefficient (Wildman–Crippen LogP) is 4.04. The zero-order valence-electron chi connectivity index (χ0n) is 22.2. The highest BCUT2D eigenvalue weighted by atomic mass is 16.5. The van der Waals surface area contributed by atoms with E-state index in [1.165, 1.54) is 6.20 Å². The van der Waals surface area contributed by atoms with Crippen LogP contribution in [-0.2, 0) is 17.8 Å². The lowest BCUT2D eigenvalue weighted by atomic mass is 10.0. The Morgan fingerprint density at radius 2 is 1.73 bits per heavy atom. The fourth-order valence-electron chi connectivity index (χ4n) is 4.13. The maximum absolute atomic E-state index is 12.4. The van der Waals surface area contributed by atoms with Crippen molar-refractivity contribution in [1.82, 2.24) is 10.3 Å². The number of rotatable bonds is 12. The van der Waals surface area contributed by atoms with Gasteiger partial charge in [-0.3, -0.25) is 14.6 Å². The van der Waals surface area contributed by atoms with E-state index in [9.17, 15) is 9.59 Å². The van der Waals surface area contributed by atoms with E-state index in [4.69, 9.17) is 20.9 Å². The second-order valence-corrected chi connectivity index (χ2v) is 9.00. The highest BCUT2D eigenvalue weighted by Crippen LogP contribution is 2.38. The standard InChI is InChI=1S/C28H37N5O4/c1-6-18-17(14-32-28(35)25(29)16(4)5)10-9-11-21(18)33-26-19-12-23(36-7-2)24(37-8-3)13-22(19)31-15-20(26)27(30)34/h9-13,15-16,25H,6-8,14,29H2,1-5H3,(H2,30,34)(H,31,33)(H,32,35)/t25-/m1/s1. The molecule has 3 aromatic rings. The summed E-state index contributed by atoms with van der Waals surface area (Å²) in [7, 11) is 0. The lowest BCUT2D eigenvalue weighted by Gasteiger charge is -2.20. The summed E-state index contributed by atoms with van der Waals surface area (Å²) in [6.07, 6.45) is 2.16. The van der Waals surface area contributed by atoms with Gasteiger partial charge in [-0.2, -0.15) is 0 Å². The molecule has 2 amide bonds. The average molecular weight is 508 g/mol. The number of pyridine rings is 1. The fourth-order valence-corrected chi connectivity index (χ4v) is 4.13. The summed E-state index contributed by atoms with van der Waals surface area (Å²) in [5, 5.41) is 7.04. The van der Waals surface area contributed by atoms with Gasteiger partial charge in [0, 0.05) is 29.9 Å². The molecule has 3 rings (SSSR count). The van der Waals surface area contributed by atoms with E-state index in [2.05, 4.69) is 15.6 Å². The number of amides is 2. The minimum Gasteiger partial charge on any atom is -0.490 e. The van der Waals surface area contributed by atoms with E-state index in [0.717, 1.165) is 16.8 Å². The minimum absolute atomic E-state index is 0.0376. The third kappa shape index (κ3) is 6.29. The number of ether oxygens (including phenoxy) is 2. The molecule has 6 N–H and O–H groups in total. The first kappa shape index (κ1) is 27.7. The Morgan fingerprint density at radius 1 is 1.05 bits per heavy atom. The van der Waals surface area contributed by atoms with Crippen molar-refractivity contribution >= 4 is 34.1 Å². The molecule has 1 aromatic heterocycles. The lowest BCUT2D eigenvalue weighted by molar-refractivity contribution is -0.123. The largest absolute Gasteiger partial charge is 0.490 e. The van der Waals surface area contributed by atoms with Crippen LogP contribution in [0.2, 0.25) is 0 Å². The number of nitrogens with two attached hydrogens (primary N) is 2. The van der Waals surface area contributed by atoms with Gasteiger partial charge in [-0.15, -0.1) is 0 Å². The molecular formula is C28H37N5O4. The van der Waals surface area contributed by atoms with E-state index in [1.54, 1.807) is 6.07 Å². The molecule has 0 bridgehead atoms. The molecule has 198 valence electrons. The van der Waals surface area contributed by atoms with Gasteiger partial charge in [0.25, 0.3) is 5.91 Å². The molecule has 9 heteroatoms. The molecule has 9 nitrogen and oxygen atoms in total. The first-order chi connectivity index (χ1) is 17.7. The number of aromatic nitrogens is 1. The van der Waals surface area contributed by atoms with E-state index >= 15 is 0 Å². The van der Waals surface area contributed by atoms with Gasteiger partial charge >= 0.3 is 0 Å². The van der Waals surface area contributed by atoms with E-state index in [0.29, 0.717) is 54.3 Å². The number of hydrogen-bond donors (Lipinski definition) is 4. The van der Waals surface area contributed by atoms with Gasteiger partial charge in [0.15, 0.2) is 11.5 Å². The maximum Gasteiger partial charge on any atom is 0.252 e. The molecule has 0 saturated heterocycles. The van der Waals surface area contributed by atoms with Gasteiger partial charge < -0.3 is 31.6 Å². The van der Waals surface area contributed by atoms with Crippen LogP contribution in [0.25, 0.3) is 10.9 Å². The Balaban J connectivity index is 2.07. The minimum atomic E-state index is -0.604. The normalized spacial score (nSPS) is 11.9. The van der Waals surface area contributed by atoms with Crippen molar-refractivity contribution in [2.75, 3.05) is 18.5 Å². The first-order valence-electron chi connectivity index (χ1n) is 12.6. The SMILES string of the molecule is CCOc1cc2ncc(C(N)=O)c(Nc3cccc(CNC(=O)[C@H](N)C(C)C)c3CC)c2cc1OCC. The Morgan fingerprint density at radius 3 is 2.32 bits per heavy atom. The van der Waals surface area contributed by atoms with Crippen molar-refractivity contribution in [3.05, 3.63) is 53.2 Å². The molecule has 0 aliphatic carbocycles. The summed E-state index contributed by atoms with van der Waals surface area (Å²) in [5.74, 6) is 0.370. The number of hydrogen-bond acceptors (Lipinski definition) is 7. The van der Waals surface area contributed by atoms with Crippen LogP contribution in [0.1, 0.15) is 56.1 Å². The Labute approximate surface area is 217 Å². The van der Waals surface area contributed by atoms with Crippen LogP contribution in [0, 0.1) is 5.92 Å². The molecule has 1 atom stereocenters. The molecule has 0 radical (unpaired) electrons. The van der Waals surface area contributed by atoms with Crippen LogP contribution in [-0.4, -0.2) is 36.1 Å². The number of carbonyl (C=O) groups is 2. The Hall–Kier alpha value is -3.85. The average Bonchev–Trinajstić information content (AvgIpc) is 2.87. The number of nitrogens with one attached hydrogen (secondary N) is 2. The molecular weight excluding hydrogens is 470 g/mol. The van der Waals surface area contributed by atoms with Crippen molar-refractivity contribution < 1.29 is 19.1 Å². The first-order valence-corrected chi connectivity index (χ1v) is 12.6. The Kier molecular flexibility index (Phi) is 9.30. The number of fused-ring (bicyclic) bond motifs is 1. The number of anilines is 2. The molecule has 1 heterocycles. The smallest absolute Gasteiger partial charge is 0.252 e. The van der Waals surface area contributed by atoms with Crippen LogP contribution < -0.4 is 31.6 Å². The van der Waals surface area contributed by atoms with Gasteiger partial charge in [0.1, 0.15) is 0 Å². The summed E-state index contributed by atoms with van der Waals surface area (Å²) in [6.45, 7) is 10.9. The quantitative estimate of drug-likeness (QED) is 0.290. The summed E-state index contributed by atoms with van der Waals surface area (Å²) in [5.41, 5.74) is 15.9. The summed E-state index contributed by atoms with van der Waals surface area (Å²) in [6, 6.07) is 8.83. The van der Waals surface area contributed by atoms with Crippen molar-refractivity contribution in [3.63, 3.8) is 0 Å². The summed E-state index contributed by atoms with van der Waals surface area (Å²) in [4.78, 5) is 29.3. The topological polar surface area (TPSA) is 142 Å². The van der Waals surface area contributed by atoms with Crippen LogP contribution in [0.15, 0.2) is 36.5 Å². The van der Waals surface area contributed by atoms with Crippen LogP contribution >= 0.6 is 0 Å². The van der Waals surface area contributed by atoms with Crippen LogP contribution in [0.4, 0.5) is 11.4 Å². The molecule has 0 fully saturated rings. The number of nitrogens with zero attached hydrogens (tertiary/aromatic N) is 1. The predicted molar refractivity (Wildman–Crippen MR) is 146 cm³/mol. The molecule has 0 unspecified atom stereocenters. The maximum atomic E-state index is 12.4. The highest BCUT2D eigenvalue weighted by molar-refractivity contribution is 6.08. The number of carbonyl (C=O) groups excluding carboxylic acids is 2. The van der Waals surface area contributed by atoms with Gasteiger partial charge in [-0.25, -0.2) is 0 Å². The molecule has 0 saturated carbocycles. The highest BCUT2D eigenvalue weighted by Gasteiger charge is 2.20. The zero-order valence-corrected chi connectivity index (χ0v) is 22.2. The second kappa shape index (κ2) is 12.4. The van der Waals surface area contributed by atoms with Crippen molar-refractivity contribution in [2.24, 2.45) is 17.4 Å². The van der Waals surface area contributed by atoms with Gasteiger partial charge in [-0.05, 0) is 49.4 Å². The number of benzene rings is 2. The van der Waals surface area contributed by atoms with Crippen molar-refractivity contribution in [1.29, 1.82) is 0 Å². The van der Waals surface area contributed by atoms with E-state index in [-0.39, 0.29) is 17.4 Å². The Bertz CT molecular complexity index is 1280. The van der Waals surface area contributed by atoms with Crippen molar-refractivity contribution in [2.45, 2.75) is 53.6 Å². The molecule has 2 aromatic carbocycles. The second-order valence-electron chi connectivity index (χ2n) is 9.00. The fraction of sp³-hybridized carbons (Fsp3) is 0.393. The molecule has 0 aliphatic heterocycles. The summed E-state index contributed by atoms with van der Waals surface area (Å²) >= 11 is 0. The molecule has 37 heavy (non-hydrogen) atoms. The van der Waals surface area contributed by atoms with Crippen LogP contribution in [0.5, 0.6) is 11.5 Å². The van der Waals surface area contributed by atoms with E-state index < -0.39 is 11.9 Å². The van der Waals surface area contributed by atoms with Gasteiger partial charge in [0.2, 0.25) is 5.91 Å². The third-order valence-electron chi connectivity index (χ3n) is 6.16. The number of primary amides is 1. The lowest BCUT2D eigenvalue weighted by Crippen LogP contribution is -2.43. The van der Waals surface area contributed by atoms with E-state index in [1.807, 2.05) is 58.9 Å². The van der Waals surface area contributed by atoms with Crippen molar-refractivity contribution in [3.8, 4) is 11.5 Å². The zero-order chi connectivity index (χ0) is 27.1. The molecule has 0 spiro atoms. The third-order valence-corrected chi connectivity index (χ3v) is 6.16. The van der Waals surface area contributed by atoms with Crippen LogP contribution in [0.3, 0.4) is 0 Å². The summed E-state index contributed by atoms with van der Waals surface area (Å²) < 4.78 is 11.6. The van der Waals surface area contributed by atoms with Gasteiger partial charge in [-0.1, -0.05) is 32.9 Å². The monoisotopic (exact) mass is 507 g/mol.